The Morgan fingerprint density at radius 2 is 2.25 bits per heavy atom. The standard InChI is InChI=1S/C10H12O2/c1-8-2-3-9(4-5-11)10(6-8)7-12/h2-3,6-7,11H,4-5H2,1H3. The van der Waals surface area contributed by atoms with Crippen LogP contribution in [0.3, 0.4) is 0 Å². The molecule has 1 N–H and O–H groups in total. The molecule has 0 bridgehead atoms. The summed E-state index contributed by atoms with van der Waals surface area (Å²) in [6.07, 6.45) is 1.38. The maximum Gasteiger partial charge on any atom is 0.150 e. The van der Waals surface area contributed by atoms with Crippen molar-refractivity contribution in [3.05, 3.63) is 34.9 Å². The third kappa shape index (κ3) is 1.92. The quantitative estimate of drug-likeness (QED) is 0.684. The van der Waals surface area contributed by atoms with Gasteiger partial charge in [0.1, 0.15) is 6.29 Å². The first-order valence-electron chi connectivity index (χ1n) is 3.93. The number of carbonyl (C=O) groups excluding carboxylic acids is 1. The summed E-state index contributed by atoms with van der Waals surface area (Å²) in [5.41, 5.74) is 2.67. The molecule has 0 saturated carbocycles. The third-order valence-corrected chi connectivity index (χ3v) is 1.81. The van der Waals surface area contributed by atoms with Gasteiger partial charge in [-0.1, -0.05) is 17.7 Å². The van der Waals surface area contributed by atoms with Gasteiger partial charge in [-0.15, -0.1) is 0 Å². The van der Waals surface area contributed by atoms with Crippen LogP contribution in [0, 0.1) is 6.92 Å². The predicted octanol–water partition coefficient (Wildman–Crippen LogP) is 1.34. The Morgan fingerprint density at radius 1 is 1.50 bits per heavy atom. The highest BCUT2D eigenvalue weighted by molar-refractivity contribution is 5.77. The molecule has 0 amide bonds. The highest BCUT2D eigenvalue weighted by Gasteiger charge is 2.00. The van der Waals surface area contributed by atoms with E-state index in [0.717, 1.165) is 17.4 Å². The van der Waals surface area contributed by atoms with Crippen LogP contribution in [-0.2, 0) is 6.42 Å². The van der Waals surface area contributed by atoms with E-state index in [1.807, 2.05) is 25.1 Å². The van der Waals surface area contributed by atoms with Crippen molar-refractivity contribution in [2.24, 2.45) is 0 Å². The second-order valence-electron chi connectivity index (χ2n) is 2.79. The second-order valence-corrected chi connectivity index (χ2v) is 2.79. The van der Waals surface area contributed by atoms with Crippen LogP contribution in [0.15, 0.2) is 18.2 Å². The number of aryl methyl sites for hydroxylation is 1. The number of benzene rings is 1. The Hall–Kier alpha value is -1.15. The molecule has 0 unspecified atom stereocenters. The molecule has 0 aromatic heterocycles. The minimum atomic E-state index is 0.0872. The Balaban J connectivity index is 3.02. The highest BCUT2D eigenvalue weighted by Crippen LogP contribution is 2.09. The van der Waals surface area contributed by atoms with E-state index in [1.165, 1.54) is 0 Å². The van der Waals surface area contributed by atoms with Gasteiger partial charge in [0.15, 0.2) is 0 Å². The lowest BCUT2D eigenvalue weighted by atomic mass is 10.0. The molecule has 0 saturated heterocycles. The maximum atomic E-state index is 10.6. The van der Waals surface area contributed by atoms with E-state index >= 15 is 0 Å². The minimum absolute atomic E-state index is 0.0872. The van der Waals surface area contributed by atoms with E-state index in [4.69, 9.17) is 5.11 Å². The molecule has 0 aliphatic carbocycles. The fourth-order valence-electron chi connectivity index (χ4n) is 1.17. The van der Waals surface area contributed by atoms with Crippen molar-refractivity contribution in [1.29, 1.82) is 0 Å². The van der Waals surface area contributed by atoms with E-state index in [1.54, 1.807) is 0 Å². The molecule has 1 aromatic rings. The monoisotopic (exact) mass is 164 g/mol. The molecule has 1 rings (SSSR count). The predicted molar refractivity (Wildman–Crippen MR) is 47.4 cm³/mol. The average Bonchev–Trinajstić information content (AvgIpc) is 2.08. The summed E-state index contributed by atoms with van der Waals surface area (Å²) in [6.45, 7) is 2.03. The van der Waals surface area contributed by atoms with E-state index in [9.17, 15) is 4.79 Å². The second kappa shape index (κ2) is 4.02. The number of carbonyl (C=O) groups is 1. The number of aldehydes is 1. The summed E-state index contributed by atoms with van der Waals surface area (Å²) >= 11 is 0. The minimum Gasteiger partial charge on any atom is -0.396 e. The van der Waals surface area contributed by atoms with E-state index < -0.39 is 0 Å². The third-order valence-electron chi connectivity index (χ3n) is 1.81. The van der Waals surface area contributed by atoms with Crippen LogP contribution in [-0.4, -0.2) is 18.0 Å². The van der Waals surface area contributed by atoms with Crippen molar-refractivity contribution in [2.45, 2.75) is 13.3 Å². The zero-order valence-electron chi connectivity index (χ0n) is 7.08. The molecule has 12 heavy (non-hydrogen) atoms. The van der Waals surface area contributed by atoms with Crippen LogP contribution in [0.1, 0.15) is 21.5 Å². The van der Waals surface area contributed by atoms with Gasteiger partial charge in [0.2, 0.25) is 0 Å². The fourth-order valence-corrected chi connectivity index (χ4v) is 1.17. The number of hydrogen-bond acceptors (Lipinski definition) is 2. The highest BCUT2D eigenvalue weighted by atomic mass is 16.2. The lowest BCUT2D eigenvalue weighted by Gasteiger charge is -2.02. The van der Waals surface area contributed by atoms with E-state index in [0.29, 0.717) is 12.0 Å². The molecule has 0 atom stereocenters. The van der Waals surface area contributed by atoms with Crippen molar-refractivity contribution in [3.63, 3.8) is 0 Å². The van der Waals surface area contributed by atoms with Crippen molar-refractivity contribution in [1.82, 2.24) is 0 Å². The summed E-state index contributed by atoms with van der Waals surface area (Å²) in [5.74, 6) is 0. The molecule has 2 nitrogen and oxygen atoms in total. The van der Waals surface area contributed by atoms with E-state index in [2.05, 4.69) is 0 Å². The number of rotatable bonds is 3. The molecule has 0 aliphatic rings. The first-order valence-corrected chi connectivity index (χ1v) is 3.93. The van der Waals surface area contributed by atoms with Gasteiger partial charge in [0, 0.05) is 12.2 Å². The van der Waals surface area contributed by atoms with Gasteiger partial charge in [-0.2, -0.15) is 0 Å². The van der Waals surface area contributed by atoms with Crippen LogP contribution < -0.4 is 0 Å². The first-order chi connectivity index (χ1) is 5.77. The molecule has 0 heterocycles. The molecule has 2 heteroatoms. The molecule has 0 spiro atoms. The van der Waals surface area contributed by atoms with Gasteiger partial charge in [0.05, 0.1) is 0 Å². The molecule has 0 radical (unpaired) electrons. The normalized spacial score (nSPS) is 9.83. The topological polar surface area (TPSA) is 37.3 Å². The zero-order valence-corrected chi connectivity index (χ0v) is 7.08. The van der Waals surface area contributed by atoms with E-state index in [-0.39, 0.29) is 6.61 Å². The molecule has 0 fully saturated rings. The Kier molecular flexibility index (Phi) is 3.00. The largest absolute Gasteiger partial charge is 0.396 e. The van der Waals surface area contributed by atoms with Gasteiger partial charge in [-0.3, -0.25) is 4.79 Å². The molecule has 64 valence electrons. The van der Waals surface area contributed by atoms with Gasteiger partial charge in [0.25, 0.3) is 0 Å². The Labute approximate surface area is 71.8 Å². The SMILES string of the molecule is Cc1ccc(CCO)c(C=O)c1. The Bertz CT molecular complexity index is 279. The van der Waals surface area contributed by atoms with Crippen LogP contribution >= 0.6 is 0 Å². The van der Waals surface area contributed by atoms with Crippen molar-refractivity contribution in [3.8, 4) is 0 Å². The van der Waals surface area contributed by atoms with Crippen molar-refractivity contribution in [2.75, 3.05) is 6.61 Å². The molecule has 1 aromatic carbocycles. The first kappa shape index (κ1) is 8.94. The van der Waals surface area contributed by atoms with Gasteiger partial charge in [-0.05, 0) is 25.0 Å². The summed E-state index contributed by atoms with van der Waals surface area (Å²) in [5, 5.41) is 8.69. The summed E-state index contributed by atoms with van der Waals surface area (Å²) in [6, 6.07) is 5.66. The van der Waals surface area contributed by atoms with Crippen molar-refractivity contribution < 1.29 is 9.90 Å². The number of hydrogen-bond donors (Lipinski definition) is 1. The summed E-state index contributed by atoms with van der Waals surface area (Å²) < 4.78 is 0. The number of aliphatic hydroxyl groups excluding tert-OH is 1. The maximum absolute atomic E-state index is 10.6. The Morgan fingerprint density at radius 3 is 2.83 bits per heavy atom. The van der Waals surface area contributed by atoms with Crippen LogP contribution in [0.25, 0.3) is 0 Å². The van der Waals surface area contributed by atoms with Gasteiger partial charge >= 0.3 is 0 Å². The van der Waals surface area contributed by atoms with Crippen LogP contribution in [0.4, 0.5) is 0 Å². The summed E-state index contributed by atoms with van der Waals surface area (Å²) in [7, 11) is 0. The molecular formula is C10H12O2. The molecule has 0 aliphatic heterocycles. The van der Waals surface area contributed by atoms with Crippen LogP contribution in [0.5, 0.6) is 0 Å². The van der Waals surface area contributed by atoms with Gasteiger partial charge < -0.3 is 5.11 Å². The van der Waals surface area contributed by atoms with Crippen LogP contribution in [0.2, 0.25) is 0 Å². The summed E-state index contributed by atoms with van der Waals surface area (Å²) in [4.78, 5) is 10.6. The average molecular weight is 164 g/mol. The smallest absolute Gasteiger partial charge is 0.150 e. The number of aliphatic hydroxyl groups is 1. The zero-order chi connectivity index (χ0) is 8.97. The lowest BCUT2D eigenvalue weighted by Crippen LogP contribution is -1.96. The van der Waals surface area contributed by atoms with Crippen molar-refractivity contribution >= 4 is 6.29 Å². The van der Waals surface area contributed by atoms with Gasteiger partial charge in [-0.25, -0.2) is 0 Å². The lowest BCUT2D eigenvalue weighted by molar-refractivity contribution is 0.112. The molecular weight excluding hydrogens is 152 g/mol. The fraction of sp³-hybridized carbons (Fsp3) is 0.300.